The van der Waals surface area contributed by atoms with E-state index >= 15 is 0 Å². The summed E-state index contributed by atoms with van der Waals surface area (Å²) in [4.78, 5) is 0. The predicted molar refractivity (Wildman–Crippen MR) is 271 cm³/mol. The number of rotatable bonds is 9. The van der Waals surface area contributed by atoms with Gasteiger partial charge in [0, 0.05) is 0 Å². The summed E-state index contributed by atoms with van der Waals surface area (Å²) in [7, 11) is 5.43. The Morgan fingerprint density at radius 1 is 0.188 bits per heavy atom. The van der Waals surface area contributed by atoms with Gasteiger partial charge in [0.25, 0.3) is 0 Å². The van der Waals surface area contributed by atoms with Crippen LogP contribution in [0, 0.1) is 52.4 Å². The molecule has 9 aromatic carbocycles. The van der Waals surface area contributed by atoms with Crippen LogP contribution < -0.4 is 47.7 Å². The normalized spacial score (nSPS) is 10.8. The third kappa shape index (κ3) is 15.9. The van der Waals surface area contributed by atoms with Crippen molar-refractivity contribution in [3.8, 4) is 0 Å². The molecule has 0 amide bonds. The van der Waals surface area contributed by atoms with Crippen molar-refractivity contribution >= 4 is 90.9 Å². The van der Waals surface area contributed by atoms with Gasteiger partial charge in [-0.05, 0) is 218 Å². The molecule has 0 spiro atoms. The Hall–Kier alpha value is -5.16. The van der Waals surface area contributed by atoms with Crippen LogP contribution in [0.3, 0.4) is 0 Å². The Morgan fingerprint density at radius 3 is 0.333 bits per heavy atom. The van der Waals surface area contributed by atoms with Gasteiger partial charge in [0.1, 0.15) is 100 Å². The van der Waals surface area contributed by atoms with Crippen LogP contribution in [0.5, 0.6) is 0 Å². The van der Waals surface area contributed by atoms with Crippen molar-refractivity contribution in [2.45, 2.75) is 0 Å². The minimum absolute atomic E-state index is 0.302. The van der Waals surface area contributed by atoms with E-state index < -0.39 is 23.8 Å². The second kappa shape index (κ2) is 26.7. The fourth-order valence-corrected chi connectivity index (χ4v) is 14.5. The fourth-order valence-electron chi connectivity index (χ4n) is 7.05. The maximum atomic E-state index is 13.2. The maximum absolute atomic E-state index is 13.2. The molecule has 0 heterocycles. The van der Waals surface area contributed by atoms with Gasteiger partial charge in [0.2, 0.25) is 0 Å². The summed E-state index contributed by atoms with van der Waals surface area (Å²) in [5, 5.41) is 8.66. The number of hydrogen-bond acceptors (Lipinski definition) is 0. The van der Waals surface area contributed by atoms with Crippen molar-refractivity contribution in [2.75, 3.05) is 0 Å². The van der Waals surface area contributed by atoms with E-state index in [0.29, 0.717) is 0 Å². The van der Waals surface area contributed by atoms with E-state index in [-0.39, 0.29) is 67.5 Å². The van der Waals surface area contributed by atoms with Crippen LogP contribution in [-0.4, -0.2) is 0 Å². The predicted octanol–water partition coefficient (Wildman–Crippen LogP) is 12.2. The summed E-state index contributed by atoms with van der Waals surface area (Å²) in [6, 6.07) is 56.6. The van der Waals surface area contributed by atoms with Crippen LogP contribution in [0.4, 0.5) is 39.5 Å². The Labute approximate surface area is 413 Å². The van der Waals surface area contributed by atoms with E-state index in [9.17, 15) is 39.5 Å². The van der Waals surface area contributed by atoms with Gasteiger partial charge in [-0.15, -0.1) is 0 Å². The molecular weight excluding hydrogens is 1080 g/mol. The van der Waals surface area contributed by atoms with Crippen LogP contribution in [0.25, 0.3) is 0 Å². The second-order valence-corrected chi connectivity index (χ2v) is 24.8. The van der Waals surface area contributed by atoms with E-state index in [1.807, 2.05) is 0 Å². The number of hydrogen-bond donors (Lipinski definition) is 0. The van der Waals surface area contributed by atoms with E-state index in [4.69, 9.17) is 19.4 Å². The first-order valence-electron chi connectivity index (χ1n) is 20.6. The minimum atomic E-state index is -1.43. The summed E-state index contributed by atoms with van der Waals surface area (Å²) in [5.74, 6) is -2.72. The van der Waals surface area contributed by atoms with Crippen molar-refractivity contribution in [1.29, 1.82) is 0 Å². The first-order chi connectivity index (χ1) is 33.3. The van der Waals surface area contributed by atoms with E-state index in [1.54, 1.807) is 109 Å². The molecule has 0 N–H and O–H groups in total. The van der Waals surface area contributed by atoms with Gasteiger partial charge in [0.05, 0.1) is 23.8 Å². The van der Waals surface area contributed by atoms with Gasteiger partial charge in [-0.2, -0.15) is 0 Å². The first-order valence-corrected chi connectivity index (χ1v) is 29.6. The zero-order valence-corrected chi connectivity index (χ0v) is 42.0. The topological polar surface area (TPSA) is 0 Å². The third-order valence-corrected chi connectivity index (χ3v) is 18.4. The van der Waals surface area contributed by atoms with Crippen LogP contribution in [0.15, 0.2) is 218 Å². The molecule has 69 heavy (non-hydrogen) atoms. The molecule has 0 radical (unpaired) electrons. The molecule has 0 fully saturated rings. The molecule has 0 aliphatic carbocycles. The molecule has 0 bridgehead atoms. The quantitative estimate of drug-likeness (QED) is 0.0768. The Balaban J connectivity index is 0.000000165. The molecule has 9 rings (SSSR count). The summed E-state index contributed by atoms with van der Waals surface area (Å²) in [6.45, 7) is 0. The van der Waals surface area contributed by atoms with Crippen LogP contribution in [0.2, 0.25) is 0 Å². The van der Waals surface area contributed by atoms with Crippen molar-refractivity contribution in [3.63, 3.8) is 0 Å². The Kier molecular flexibility index (Phi) is 20.6. The molecule has 0 saturated heterocycles. The Bertz CT molecular complexity index is 2290. The standard InChI is InChI=1S/3C18H12F3P.2ClH.Ru/c3*19-13-1-7-16(8-2-13)22(17-9-3-14(20)4-10-17)18-11-5-15(21)6-12-18;;;/h3*1-12H;2*1H;/q;;;;;+2/p+1. The van der Waals surface area contributed by atoms with Crippen molar-refractivity contribution in [2.24, 2.45) is 0 Å². The molecule has 0 aromatic heterocycles. The van der Waals surface area contributed by atoms with Gasteiger partial charge in [-0.25, -0.2) is 39.5 Å². The summed E-state index contributed by atoms with van der Waals surface area (Å²) >= 11 is -0.346. The molecule has 0 unspecified atom stereocenters. The van der Waals surface area contributed by atoms with Gasteiger partial charge >= 0.3 is 34.5 Å². The number of halogens is 11. The molecule has 0 aliphatic heterocycles. The van der Waals surface area contributed by atoms with Crippen molar-refractivity contribution < 1.29 is 54.7 Å². The zero-order chi connectivity index (χ0) is 49.3. The van der Waals surface area contributed by atoms with Crippen molar-refractivity contribution in [3.05, 3.63) is 271 Å². The molecule has 0 aliphatic rings. The molecule has 0 atom stereocenters. The molecule has 352 valence electrons. The average molecular weight is 1120 g/mol. The van der Waals surface area contributed by atoms with E-state index in [0.717, 1.165) is 47.7 Å². The summed E-state index contributed by atoms with van der Waals surface area (Å²) in [5.41, 5.74) is 0. The zero-order valence-electron chi connectivity index (χ0n) is 35.8. The SMILES string of the molecule is Fc1ccc([PH+](c2ccc(F)cc2)c2ccc(F)cc2)cc1.Fc1ccc([PH+](c2ccc(F)cc2)c2ccc(F)cc2)cc1.Fc1ccc([PH+](c2ccc(F)cc2)c2ccc(F)cc2)cc1.[Cl][Ru][Cl]. The van der Waals surface area contributed by atoms with Crippen molar-refractivity contribution in [1.82, 2.24) is 0 Å². The van der Waals surface area contributed by atoms with Crippen LogP contribution in [-0.2, 0) is 15.1 Å². The molecule has 0 nitrogen and oxygen atoms in total. The fraction of sp³-hybridized carbons (Fsp3) is 0. The molecule has 0 saturated carbocycles. The first kappa shape index (κ1) is 53.2. The van der Waals surface area contributed by atoms with Crippen LogP contribution in [0.1, 0.15) is 0 Å². The van der Waals surface area contributed by atoms with Gasteiger partial charge < -0.3 is 0 Å². The summed E-state index contributed by atoms with van der Waals surface area (Å²) < 4.78 is 119. The number of benzene rings is 9. The van der Waals surface area contributed by atoms with Gasteiger partial charge in [-0.3, -0.25) is 0 Å². The Morgan fingerprint density at radius 2 is 0.261 bits per heavy atom. The average Bonchev–Trinajstić information content (AvgIpc) is 3.35. The van der Waals surface area contributed by atoms with Gasteiger partial charge in [0.15, 0.2) is 0 Å². The monoisotopic (exact) mass is 1120 g/mol. The third-order valence-electron chi connectivity index (χ3n) is 10.2. The molecule has 15 heteroatoms. The van der Waals surface area contributed by atoms with Gasteiger partial charge in [-0.1, -0.05) is 0 Å². The second-order valence-electron chi connectivity index (χ2n) is 14.7. The molecular formula is C54H39Cl2F9P3Ru+3. The van der Waals surface area contributed by atoms with Crippen LogP contribution >= 0.6 is 43.1 Å². The summed E-state index contributed by atoms with van der Waals surface area (Å²) in [6.07, 6.45) is 0. The molecule has 9 aromatic rings. The van der Waals surface area contributed by atoms with E-state index in [2.05, 4.69) is 0 Å². The van der Waals surface area contributed by atoms with E-state index in [1.165, 1.54) is 109 Å².